The lowest BCUT2D eigenvalue weighted by Gasteiger charge is -2.18. The Hall–Kier alpha value is -3.15. The maximum absolute atomic E-state index is 12.9. The van der Waals surface area contributed by atoms with Crippen molar-refractivity contribution in [1.82, 2.24) is 0 Å². The SMILES string of the molecule is CC/C=C\C/C=C\C/C=C\C/C=C\CCCCCCCCCCCCCCCCC(=O)OCC(COC(=O)CCCCCCCCCCCCC)OC(=O)CCCCCCCCCCCCCCC/C=C\C/C=C\CCCCCCC. The Morgan fingerprint density at radius 3 is 0.753 bits per heavy atom. The van der Waals surface area contributed by atoms with Crippen LogP contribution in [0.3, 0.4) is 0 Å². The molecule has 1 unspecified atom stereocenters. The van der Waals surface area contributed by atoms with Crippen LogP contribution in [-0.2, 0) is 28.6 Å². The quantitative estimate of drug-likeness (QED) is 0.0261. The molecular weight excluding hydrogens is 997 g/mol. The molecule has 0 aromatic rings. The number of ether oxygens (including phenoxy) is 3. The lowest BCUT2D eigenvalue weighted by atomic mass is 10.0. The van der Waals surface area contributed by atoms with Crippen LogP contribution in [-0.4, -0.2) is 37.2 Å². The summed E-state index contributed by atoms with van der Waals surface area (Å²) in [6, 6.07) is 0. The van der Waals surface area contributed by atoms with Gasteiger partial charge >= 0.3 is 17.9 Å². The topological polar surface area (TPSA) is 78.9 Å². The van der Waals surface area contributed by atoms with Gasteiger partial charge in [-0.05, 0) is 89.9 Å². The molecule has 0 saturated heterocycles. The molecule has 470 valence electrons. The first-order valence-corrected chi connectivity index (χ1v) is 35.4. The van der Waals surface area contributed by atoms with E-state index in [0.29, 0.717) is 19.3 Å². The van der Waals surface area contributed by atoms with E-state index in [1.807, 2.05) is 0 Å². The monoisotopic (exact) mass is 1130 g/mol. The molecule has 0 bridgehead atoms. The van der Waals surface area contributed by atoms with Crippen LogP contribution in [0.25, 0.3) is 0 Å². The Morgan fingerprint density at radius 2 is 0.481 bits per heavy atom. The summed E-state index contributed by atoms with van der Waals surface area (Å²) in [5.41, 5.74) is 0. The molecule has 0 amide bonds. The number of hydrogen-bond acceptors (Lipinski definition) is 6. The van der Waals surface area contributed by atoms with Gasteiger partial charge in [0.1, 0.15) is 13.2 Å². The molecule has 0 aromatic heterocycles. The minimum Gasteiger partial charge on any atom is -0.462 e. The molecule has 0 aliphatic rings. The highest BCUT2D eigenvalue weighted by atomic mass is 16.6. The molecular formula is C75H134O6. The van der Waals surface area contributed by atoms with Crippen molar-refractivity contribution in [3.63, 3.8) is 0 Å². The third-order valence-corrected chi connectivity index (χ3v) is 15.7. The van der Waals surface area contributed by atoms with Gasteiger partial charge in [-0.25, -0.2) is 0 Å². The molecule has 81 heavy (non-hydrogen) atoms. The second-order valence-electron chi connectivity index (χ2n) is 23.8. The van der Waals surface area contributed by atoms with Gasteiger partial charge in [-0.2, -0.15) is 0 Å². The minimum atomic E-state index is -0.774. The van der Waals surface area contributed by atoms with Crippen molar-refractivity contribution in [3.05, 3.63) is 72.9 Å². The van der Waals surface area contributed by atoms with Gasteiger partial charge in [0.05, 0.1) is 0 Å². The predicted octanol–water partition coefficient (Wildman–Crippen LogP) is 24.4. The van der Waals surface area contributed by atoms with E-state index in [0.717, 1.165) is 89.9 Å². The number of hydrogen-bond donors (Lipinski definition) is 0. The fraction of sp³-hybridized carbons (Fsp3) is 0.800. The number of esters is 3. The lowest BCUT2D eigenvalue weighted by molar-refractivity contribution is -0.167. The molecule has 1 atom stereocenters. The molecule has 0 fully saturated rings. The van der Waals surface area contributed by atoms with E-state index in [1.54, 1.807) is 0 Å². The first-order valence-electron chi connectivity index (χ1n) is 35.4. The van der Waals surface area contributed by atoms with E-state index in [-0.39, 0.29) is 31.1 Å². The van der Waals surface area contributed by atoms with Crippen molar-refractivity contribution >= 4 is 17.9 Å². The summed E-state index contributed by atoms with van der Waals surface area (Å²) in [4.78, 5) is 38.4. The molecule has 0 radical (unpaired) electrons. The highest BCUT2D eigenvalue weighted by Gasteiger charge is 2.19. The zero-order chi connectivity index (χ0) is 58.5. The maximum Gasteiger partial charge on any atom is 0.306 e. The van der Waals surface area contributed by atoms with E-state index in [1.165, 1.54) is 238 Å². The smallest absolute Gasteiger partial charge is 0.306 e. The summed E-state index contributed by atoms with van der Waals surface area (Å²) in [5, 5.41) is 0. The van der Waals surface area contributed by atoms with Crippen LogP contribution >= 0.6 is 0 Å². The van der Waals surface area contributed by atoms with E-state index >= 15 is 0 Å². The lowest BCUT2D eigenvalue weighted by Crippen LogP contribution is -2.30. The van der Waals surface area contributed by atoms with Crippen molar-refractivity contribution in [2.24, 2.45) is 0 Å². The summed E-state index contributed by atoms with van der Waals surface area (Å²) in [5.74, 6) is -0.851. The van der Waals surface area contributed by atoms with Gasteiger partial charge in [-0.15, -0.1) is 0 Å². The fourth-order valence-corrected chi connectivity index (χ4v) is 10.4. The average molecular weight is 1130 g/mol. The first-order chi connectivity index (χ1) is 40.0. The van der Waals surface area contributed by atoms with Crippen molar-refractivity contribution in [2.75, 3.05) is 13.2 Å². The molecule has 0 rings (SSSR count). The third kappa shape index (κ3) is 67.5. The summed E-state index contributed by atoms with van der Waals surface area (Å²) in [6.07, 6.45) is 90.8. The Morgan fingerprint density at radius 1 is 0.259 bits per heavy atom. The minimum absolute atomic E-state index is 0.0705. The molecule has 0 N–H and O–H groups in total. The van der Waals surface area contributed by atoms with E-state index in [4.69, 9.17) is 14.2 Å². The van der Waals surface area contributed by atoms with E-state index in [2.05, 4.69) is 93.7 Å². The Bertz CT molecular complexity index is 1490. The number of unbranched alkanes of at least 4 members (excludes halogenated alkanes) is 42. The molecule has 0 spiro atoms. The Balaban J connectivity index is 4.20. The van der Waals surface area contributed by atoms with Crippen molar-refractivity contribution in [1.29, 1.82) is 0 Å². The van der Waals surface area contributed by atoms with Crippen LogP contribution in [0.4, 0.5) is 0 Å². The zero-order valence-electron chi connectivity index (χ0n) is 54.1. The van der Waals surface area contributed by atoms with Gasteiger partial charge in [-0.1, -0.05) is 331 Å². The summed E-state index contributed by atoms with van der Waals surface area (Å²) in [7, 11) is 0. The maximum atomic E-state index is 12.9. The zero-order valence-corrected chi connectivity index (χ0v) is 54.1. The highest BCUT2D eigenvalue weighted by Crippen LogP contribution is 2.18. The highest BCUT2D eigenvalue weighted by molar-refractivity contribution is 5.71. The Labute approximate surface area is 503 Å². The number of carbonyl (C=O) groups excluding carboxylic acids is 3. The van der Waals surface area contributed by atoms with E-state index in [9.17, 15) is 14.4 Å². The molecule has 0 saturated carbocycles. The Kier molecular flexibility index (Phi) is 66.6. The number of carbonyl (C=O) groups is 3. The standard InChI is InChI=1S/C75H134O6/c1-4-7-10-13-16-19-22-24-26-28-30-32-34-36-37-39-40-42-44-46-48-50-53-56-59-62-65-68-74(77)80-71-72(70-79-73(76)67-64-61-58-55-52-21-18-15-12-9-6-3)81-75(78)69-66-63-60-57-54-51-49-47-45-43-41-38-35-33-31-29-27-25-23-20-17-14-11-8-5-2/h7,10,16,19,23-26,29-32,72H,4-6,8-9,11-15,17-18,20-22,27-28,33-71H2,1-3H3/b10-7-,19-16-,25-23-,26-24-,31-29-,32-30-. The molecule has 6 nitrogen and oxygen atoms in total. The van der Waals surface area contributed by atoms with Gasteiger partial charge in [0.25, 0.3) is 0 Å². The van der Waals surface area contributed by atoms with Crippen LogP contribution in [0.2, 0.25) is 0 Å². The predicted molar refractivity (Wildman–Crippen MR) is 353 cm³/mol. The number of rotatable bonds is 65. The normalized spacial score (nSPS) is 12.5. The van der Waals surface area contributed by atoms with Crippen molar-refractivity contribution < 1.29 is 28.6 Å². The van der Waals surface area contributed by atoms with Crippen LogP contribution < -0.4 is 0 Å². The average Bonchev–Trinajstić information content (AvgIpc) is 3.47. The van der Waals surface area contributed by atoms with E-state index < -0.39 is 6.10 Å². The summed E-state index contributed by atoms with van der Waals surface area (Å²) >= 11 is 0. The van der Waals surface area contributed by atoms with Gasteiger partial charge in [0.2, 0.25) is 0 Å². The van der Waals surface area contributed by atoms with Gasteiger partial charge in [-0.3, -0.25) is 14.4 Å². The molecule has 0 aliphatic carbocycles. The summed E-state index contributed by atoms with van der Waals surface area (Å²) in [6.45, 7) is 6.56. The molecule has 6 heteroatoms. The summed E-state index contributed by atoms with van der Waals surface area (Å²) < 4.78 is 17.0. The van der Waals surface area contributed by atoms with Crippen LogP contribution in [0.1, 0.15) is 367 Å². The first kappa shape index (κ1) is 77.9. The van der Waals surface area contributed by atoms with Crippen LogP contribution in [0, 0.1) is 0 Å². The largest absolute Gasteiger partial charge is 0.462 e. The third-order valence-electron chi connectivity index (χ3n) is 15.7. The van der Waals surface area contributed by atoms with Crippen molar-refractivity contribution in [2.45, 2.75) is 374 Å². The van der Waals surface area contributed by atoms with Crippen LogP contribution in [0.5, 0.6) is 0 Å². The number of allylic oxidation sites excluding steroid dienone is 12. The second-order valence-corrected chi connectivity index (χ2v) is 23.8. The van der Waals surface area contributed by atoms with Gasteiger partial charge < -0.3 is 14.2 Å². The van der Waals surface area contributed by atoms with Gasteiger partial charge in [0, 0.05) is 19.3 Å². The molecule has 0 heterocycles. The molecule has 0 aromatic carbocycles. The molecule has 0 aliphatic heterocycles. The van der Waals surface area contributed by atoms with Gasteiger partial charge in [0.15, 0.2) is 6.10 Å². The fourth-order valence-electron chi connectivity index (χ4n) is 10.4. The van der Waals surface area contributed by atoms with Crippen LogP contribution in [0.15, 0.2) is 72.9 Å². The van der Waals surface area contributed by atoms with Crippen molar-refractivity contribution in [3.8, 4) is 0 Å². The second kappa shape index (κ2) is 69.3.